The second kappa shape index (κ2) is 4.76. The van der Waals surface area contributed by atoms with Gasteiger partial charge in [-0.1, -0.05) is 0 Å². The van der Waals surface area contributed by atoms with E-state index in [0.29, 0.717) is 5.56 Å². The number of non-ortho nitro benzene ring substituents is 1. The molecule has 20 heavy (non-hydrogen) atoms. The van der Waals surface area contributed by atoms with Crippen LogP contribution in [0.3, 0.4) is 0 Å². The molecule has 0 atom stereocenters. The topological polar surface area (TPSA) is 95.7 Å². The molecule has 0 unspecified atom stereocenters. The van der Waals surface area contributed by atoms with Crippen molar-refractivity contribution in [3.63, 3.8) is 0 Å². The van der Waals surface area contributed by atoms with E-state index in [9.17, 15) is 19.7 Å². The Hall–Kier alpha value is -2.70. The van der Waals surface area contributed by atoms with Crippen LogP contribution in [0.15, 0.2) is 29.8 Å². The van der Waals surface area contributed by atoms with Crippen LogP contribution in [0.1, 0.15) is 19.4 Å². The quantitative estimate of drug-likeness (QED) is 0.269. The number of esters is 2. The average Bonchev–Trinajstić information content (AvgIpc) is 2.33. The summed E-state index contributed by atoms with van der Waals surface area (Å²) in [5.74, 6) is -2.87. The molecular formula is C13H11NO6. The van der Waals surface area contributed by atoms with Crippen LogP contribution in [0.2, 0.25) is 0 Å². The zero-order chi connectivity index (χ0) is 14.9. The van der Waals surface area contributed by atoms with Crippen LogP contribution in [0.25, 0.3) is 6.08 Å². The highest BCUT2D eigenvalue weighted by atomic mass is 16.7. The van der Waals surface area contributed by atoms with Crippen molar-refractivity contribution < 1.29 is 24.0 Å². The molecule has 0 amide bonds. The number of hydrogen-bond donors (Lipinski definition) is 0. The maximum Gasteiger partial charge on any atom is 0.348 e. The number of carbonyl (C=O) groups is 2. The van der Waals surface area contributed by atoms with Crippen molar-refractivity contribution in [2.75, 3.05) is 0 Å². The van der Waals surface area contributed by atoms with Gasteiger partial charge >= 0.3 is 11.9 Å². The highest BCUT2D eigenvalue weighted by Gasteiger charge is 2.38. The Labute approximate surface area is 113 Å². The first-order chi connectivity index (χ1) is 9.28. The summed E-state index contributed by atoms with van der Waals surface area (Å²) in [6.45, 7) is 2.90. The molecule has 1 aliphatic rings. The van der Waals surface area contributed by atoms with Gasteiger partial charge in [-0.05, 0) is 23.8 Å². The Balaban J connectivity index is 2.28. The number of hydrogen-bond acceptors (Lipinski definition) is 6. The summed E-state index contributed by atoms with van der Waals surface area (Å²) in [5.41, 5.74) is 0.125. The van der Waals surface area contributed by atoms with Crippen molar-refractivity contribution in [2.24, 2.45) is 0 Å². The van der Waals surface area contributed by atoms with Gasteiger partial charge in [-0.15, -0.1) is 0 Å². The van der Waals surface area contributed by atoms with Gasteiger partial charge in [-0.2, -0.15) is 0 Å². The van der Waals surface area contributed by atoms with E-state index in [2.05, 4.69) is 0 Å². The fourth-order valence-electron chi connectivity index (χ4n) is 1.64. The predicted molar refractivity (Wildman–Crippen MR) is 67.3 cm³/mol. The summed E-state index contributed by atoms with van der Waals surface area (Å²) in [7, 11) is 0. The van der Waals surface area contributed by atoms with Crippen LogP contribution in [-0.2, 0) is 19.1 Å². The fraction of sp³-hybridized carbons (Fsp3) is 0.231. The number of nitrogens with zero attached hydrogens (tertiary/aromatic N) is 1. The van der Waals surface area contributed by atoms with Crippen molar-refractivity contribution in [3.8, 4) is 0 Å². The Kier molecular flexibility index (Phi) is 3.27. The Morgan fingerprint density at radius 2 is 1.60 bits per heavy atom. The van der Waals surface area contributed by atoms with Crippen molar-refractivity contribution >= 4 is 23.7 Å². The van der Waals surface area contributed by atoms with E-state index in [1.54, 1.807) is 0 Å². The van der Waals surface area contributed by atoms with Gasteiger partial charge < -0.3 is 9.47 Å². The predicted octanol–water partition coefficient (Wildman–Crippen LogP) is 1.81. The second-order valence-electron chi connectivity index (χ2n) is 4.59. The molecule has 7 heteroatoms. The third-order valence-corrected chi connectivity index (χ3v) is 2.53. The molecule has 0 bridgehead atoms. The van der Waals surface area contributed by atoms with Gasteiger partial charge in [0, 0.05) is 26.0 Å². The number of nitro groups is 1. The van der Waals surface area contributed by atoms with E-state index in [4.69, 9.17) is 9.47 Å². The molecule has 0 spiro atoms. The van der Waals surface area contributed by atoms with Crippen molar-refractivity contribution in [1.82, 2.24) is 0 Å². The maximum atomic E-state index is 11.7. The molecule has 1 saturated heterocycles. The number of cyclic esters (lactones) is 2. The number of rotatable bonds is 2. The minimum atomic E-state index is -1.29. The van der Waals surface area contributed by atoms with Gasteiger partial charge in [-0.25, -0.2) is 9.59 Å². The Morgan fingerprint density at radius 3 is 2.05 bits per heavy atom. The molecule has 1 heterocycles. The lowest BCUT2D eigenvalue weighted by atomic mass is 10.1. The molecular weight excluding hydrogens is 266 g/mol. The van der Waals surface area contributed by atoms with E-state index in [1.165, 1.54) is 44.2 Å². The summed E-state index contributed by atoms with van der Waals surface area (Å²) >= 11 is 0. The molecule has 1 aromatic carbocycles. The van der Waals surface area contributed by atoms with E-state index in [1.807, 2.05) is 0 Å². The van der Waals surface area contributed by atoms with Gasteiger partial charge in [-0.3, -0.25) is 10.1 Å². The molecule has 1 fully saturated rings. The molecule has 104 valence electrons. The van der Waals surface area contributed by atoms with Gasteiger partial charge in [0.15, 0.2) is 0 Å². The molecule has 7 nitrogen and oxygen atoms in total. The summed E-state index contributed by atoms with van der Waals surface area (Å²) in [6, 6.07) is 5.39. The highest BCUT2D eigenvalue weighted by molar-refractivity contribution is 6.18. The van der Waals surface area contributed by atoms with E-state index in [0.717, 1.165) is 0 Å². The van der Waals surface area contributed by atoms with Crippen LogP contribution in [0, 0.1) is 10.1 Å². The molecule has 2 rings (SSSR count). The summed E-state index contributed by atoms with van der Waals surface area (Å²) in [4.78, 5) is 33.4. The maximum absolute atomic E-state index is 11.7. The first-order valence-electron chi connectivity index (χ1n) is 5.71. The van der Waals surface area contributed by atoms with Gasteiger partial charge in [0.25, 0.3) is 11.5 Å². The molecule has 0 saturated carbocycles. The standard InChI is InChI=1S/C13H11NO6/c1-13(2)19-11(15)10(12(16)20-13)7-8-3-5-9(6-4-8)14(17)18/h3-7H,1-2H3. The van der Waals surface area contributed by atoms with Crippen molar-refractivity contribution in [1.29, 1.82) is 0 Å². The monoisotopic (exact) mass is 277 g/mol. The molecule has 1 aliphatic heterocycles. The highest BCUT2D eigenvalue weighted by Crippen LogP contribution is 2.24. The van der Waals surface area contributed by atoms with E-state index < -0.39 is 22.6 Å². The Bertz CT molecular complexity index is 592. The number of nitro benzene ring substituents is 1. The van der Waals surface area contributed by atoms with Gasteiger partial charge in [0.1, 0.15) is 5.57 Å². The van der Waals surface area contributed by atoms with E-state index in [-0.39, 0.29) is 11.3 Å². The van der Waals surface area contributed by atoms with Crippen LogP contribution in [0.5, 0.6) is 0 Å². The number of ether oxygens (including phenoxy) is 2. The summed E-state index contributed by atoms with van der Waals surface area (Å²) in [5, 5.41) is 10.5. The van der Waals surface area contributed by atoms with Crippen LogP contribution >= 0.6 is 0 Å². The minimum Gasteiger partial charge on any atom is -0.419 e. The Morgan fingerprint density at radius 1 is 1.10 bits per heavy atom. The van der Waals surface area contributed by atoms with Crippen LogP contribution in [0.4, 0.5) is 5.69 Å². The molecule has 0 N–H and O–H groups in total. The molecule has 0 radical (unpaired) electrons. The number of carbonyl (C=O) groups excluding carboxylic acids is 2. The molecule has 1 aromatic rings. The number of benzene rings is 1. The summed E-state index contributed by atoms with van der Waals surface area (Å²) < 4.78 is 9.86. The SMILES string of the molecule is CC1(C)OC(=O)C(=Cc2ccc([N+](=O)[O-])cc2)C(=O)O1. The summed E-state index contributed by atoms with van der Waals surface area (Å²) in [6.07, 6.45) is 1.27. The lowest BCUT2D eigenvalue weighted by Gasteiger charge is -2.29. The largest absolute Gasteiger partial charge is 0.419 e. The lowest BCUT2D eigenvalue weighted by Crippen LogP contribution is -2.41. The second-order valence-corrected chi connectivity index (χ2v) is 4.59. The first-order valence-corrected chi connectivity index (χ1v) is 5.71. The molecule has 0 aliphatic carbocycles. The smallest absolute Gasteiger partial charge is 0.348 e. The van der Waals surface area contributed by atoms with Crippen LogP contribution in [-0.4, -0.2) is 22.6 Å². The lowest BCUT2D eigenvalue weighted by molar-refractivity contribution is -0.384. The third-order valence-electron chi connectivity index (χ3n) is 2.53. The fourth-order valence-corrected chi connectivity index (χ4v) is 1.64. The van der Waals surface area contributed by atoms with E-state index >= 15 is 0 Å². The van der Waals surface area contributed by atoms with Crippen LogP contribution < -0.4 is 0 Å². The third kappa shape index (κ3) is 2.82. The van der Waals surface area contributed by atoms with Gasteiger partial charge in [0.2, 0.25) is 0 Å². The minimum absolute atomic E-state index is 0.0814. The average molecular weight is 277 g/mol. The van der Waals surface area contributed by atoms with Crippen molar-refractivity contribution in [2.45, 2.75) is 19.6 Å². The van der Waals surface area contributed by atoms with Gasteiger partial charge in [0.05, 0.1) is 4.92 Å². The molecule has 0 aromatic heterocycles. The normalized spacial score (nSPS) is 17.2. The van der Waals surface area contributed by atoms with Crippen molar-refractivity contribution in [3.05, 3.63) is 45.5 Å². The zero-order valence-corrected chi connectivity index (χ0v) is 10.8. The first kappa shape index (κ1) is 13.7. The zero-order valence-electron chi connectivity index (χ0n) is 10.8.